The molecule has 7 aromatic rings. The Balaban J connectivity index is 1.52. The monoisotopic (exact) mass is 506 g/mol. The number of para-hydroxylation sites is 1. The van der Waals surface area contributed by atoms with Crippen LogP contribution in [0.25, 0.3) is 60.6 Å². The minimum absolute atomic E-state index is 0.0359. The highest BCUT2D eigenvalue weighted by Crippen LogP contribution is 2.38. The first-order valence-corrected chi connectivity index (χ1v) is 13.6. The summed E-state index contributed by atoms with van der Waals surface area (Å²) in [6.45, 7) is 9.18. The van der Waals surface area contributed by atoms with Gasteiger partial charge in [-0.3, -0.25) is 4.57 Å². The molecule has 3 heteroatoms. The maximum atomic E-state index is 4.82. The minimum Gasteiger partial charge on any atom is -0.293 e. The molecule has 0 atom stereocenters. The molecule has 0 radical (unpaired) electrons. The summed E-state index contributed by atoms with van der Waals surface area (Å²) in [6, 6.07) is 35.2. The fourth-order valence-corrected chi connectivity index (χ4v) is 6.32. The second kappa shape index (κ2) is 8.51. The summed E-state index contributed by atoms with van der Waals surface area (Å²) in [5, 5.41) is 6.26. The van der Waals surface area contributed by atoms with Crippen molar-refractivity contribution in [3.63, 3.8) is 0 Å². The van der Waals surface area contributed by atoms with E-state index in [4.69, 9.17) is 4.98 Å². The highest BCUT2D eigenvalue weighted by molar-refractivity contribution is 6.09. The molecule has 3 aromatic heterocycles. The van der Waals surface area contributed by atoms with E-state index in [9.17, 15) is 0 Å². The van der Waals surface area contributed by atoms with E-state index in [0.29, 0.717) is 0 Å². The lowest BCUT2D eigenvalue weighted by molar-refractivity contribution is -0.633. The van der Waals surface area contributed by atoms with Gasteiger partial charge in [0.25, 0.3) is 0 Å². The average Bonchev–Trinajstić information content (AvgIpc) is 3.27. The Kier molecular flexibility index (Phi) is 5.15. The molecule has 0 bridgehead atoms. The van der Waals surface area contributed by atoms with Gasteiger partial charge in [-0.05, 0) is 70.6 Å². The summed E-state index contributed by atoms with van der Waals surface area (Å²) in [6.07, 6.45) is 1.89. The van der Waals surface area contributed by atoms with E-state index in [2.05, 4.69) is 135 Å². The summed E-state index contributed by atoms with van der Waals surface area (Å²) in [5.74, 6) is 0. The fraction of sp³-hybridized carbons (Fsp3) is 0.167. The maximum Gasteiger partial charge on any atom is 0.214 e. The molecule has 0 aliphatic heterocycles. The van der Waals surface area contributed by atoms with Crippen LogP contribution in [-0.4, -0.2) is 9.55 Å². The Labute approximate surface area is 229 Å². The van der Waals surface area contributed by atoms with Crippen LogP contribution in [0, 0.1) is 6.92 Å². The first-order chi connectivity index (χ1) is 18.8. The largest absolute Gasteiger partial charge is 0.293 e. The Hall–Kier alpha value is -4.50. The van der Waals surface area contributed by atoms with Crippen molar-refractivity contribution in [1.29, 1.82) is 0 Å². The van der Waals surface area contributed by atoms with E-state index < -0.39 is 0 Å². The molecule has 7 rings (SSSR count). The van der Waals surface area contributed by atoms with Crippen LogP contribution < -0.4 is 4.57 Å². The van der Waals surface area contributed by atoms with Gasteiger partial charge in [0.15, 0.2) is 0 Å². The van der Waals surface area contributed by atoms with Crippen molar-refractivity contribution in [2.24, 2.45) is 7.05 Å². The van der Waals surface area contributed by atoms with Gasteiger partial charge in [-0.1, -0.05) is 69.3 Å². The van der Waals surface area contributed by atoms with E-state index in [0.717, 1.165) is 11.3 Å². The highest BCUT2D eigenvalue weighted by atomic mass is 15.1. The summed E-state index contributed by atoms with van der Waals surface area (Å²) >= 11 is 0. The topological polar surface area (TPSA) is 21.7 Å². The second-order valence-electron chi connectivity index (χ2n) is 11.6. The molecule has 0 aliphatic rings. The van der Waals surface area contributed by atoms with Crippen LogP contribution in [0.2, 0.25) is 0 Å². The third-order valence-corrected chi connectivity index (χ3v) is 8.26. The van der Waals surface area contributed by atoms with Crippen molar-refractivity contribution in [3.05, 3.63) is 114 Å². The molecule has 0 aliphatic carbocycles. The number of hydrogen-bond donors (Lipinski definition) is 0. The molecule has 0 unspecified atom stereocenters. The Morgan fingerprint density at radius 1 is 0.692 bits per heavy atom. The summed E-state index contributed by atoms with van der Waals surface area (Å²) in [7, 11) is 2.19. The van der Waals surface area contributed by atoms with Crippen LogP contribution in [-0.2, 0) is 12.5 Å². The molecule has 0 fully saturated rings. The molecule has 39 heavy (non-hydrogen) atoms. The van der Waals surface area contributed by atoms with Crippen molar-refractivity contribution in [2.75, 3.05) is 0 Å². The molecule has 0 amide bonds. The number of aromatic nitrogens is 3. The molecule has 3 nitrogen and oxygen atoms in total. The van der Waals surface area contributed by atoms with Gasteiger partial charge in [0.05, 0.1) is 16.6 Å². The predicted molar refractivity (Wildman–Crippen MR) is 164 cm³/mol. The van der Waals surface area contributed by atoms with E-state index in [1.807, 2.05) is 12.3 Å². The standard InChI is InChI=1S/C36H32N3/c1-23-24-12-6-7-13-25(24)30(36(2,3)4)22-29(23)32-20-19-28-31(38(32)5)17-10-18-34(28)39-33-16-9-8-14-26(33)27-15-11-21-37-35(27)39/h6-22H,1-5H3/q+1. The Morgan fingerprint density at radius 2 is 1.41 bits per heavy atom. The van der Waals surface area contributed by atoms with E-state index in [-0.39, 0.29) is 5.41 Å². The van der Waals surface area contributed by atoms with Crippen molar-refractivity contribution < 1.29 is 4.57 Å². The number of pyridine rings is 2. The van der Waals surface area contributed by atoms with Gasteiger partial charge in [-0.25, -0.2) is 4.98 Å². The third-order valence-electron chi connectivity index (χ3n) is 8.26. The zero-order valence-electron chi connectivity index (χ0n) is 23.2. The number of hydrogen-bond acceptors (Lipinski definition) is 1. The van der Waals surface area contributed by atoms with Crippen molar-refractivity contribution in [3.8, 4) is 16.9 Å². The normalized spacial score (nSPS) is 12.2. The van der Waals surface area contributed by atoms with Crippen LogP contribution in [0.4, 0.5) is 0 Å². The number of nitrogens with zero attached hydrogens (tertiary/aromatic N) is 3. The van der Waals surface area contributed by atoms with E-state index in [1.54, 1.807) is 0 Å². The molecule has 4 aromatic carbocycles. The molecule has 0 N–H and O–H groups in total. The van der Waals surface area contributed by atoms with Gasteiger partial charge in [-0.15, -0.1) is 0 Å². The SMILES string of the molecule is Cc1c(-c2ccc3c(-n4c5ccccc5c5cccnc54)cccc3[n+]2C)cc(C(C)(C)C)c2ccccc12. The van der Waals surface area contributed by atoms with Crippen LogP contribution in [0.5, 0.6) is 0 Å². The average molecular weight is 507 g/mol. The zero-order valence-corrected chi connectivity index (χ0v) is 23.2. The minimum atomic E-state index is 0.0359. The molecule has 3 heterocycles. The van der Waals surface area contributed by atoms with Crippen molar-refractivity contribution in [1.82, 2.24) is 9.55 Å². The molecule has 0 saturated heterocycles. The predicted octanol–water partition coefficient (Wildman–Crippen LogP) is 8.58. The number of benzene rings is 4. The first kappa shape index (κ1) is 23.6. The lowest BCUT2D eigenvalue weighted by Crippen LogP contribution is -2.32. The Bertz CT molecular complexity index is 2020. The molecule has 190 valence electrons. The lowest BCUT2D eigenvalue weighted by atomic mass is 9.80. The summed E-state index contributed by atoms with van der Waals surface area (Å²) < 4.78 is 4.66. The summed E-state index contributed by atoms with van der Waals surface area (Å²) in [5.41, 5.74) is 9.72. The van der Waals surface area contributed by atoms with Crippen LogP contribution in [0.1, 0.15) is 31.9 Å². The molecule has 0 saturated carbocycles. The summed E-state index contributed by atoms with van der Waals surface area (Å²) in [4.78, 5) is 4.82. The van der Waals surface area contributed by atoms with Gasteiger partial charge in [-0.2, -0.15) is 4.57 Å². The van der Waals surface area contributed by atoms with E-state index in [1.165, 1.54) is 60.3 Å². The van der Waals surface area contributed by atoms with Crippen LogP contribution in [0.3, 0.4) is 0 Å². The number of fused-ring (bicyclic) bond motifs is 5. The Morgan fingerprint density at radius 3 is 2.21 bits per heavy atom. The molecule has 0 spiro atoms. The first-order valence-electron chi connectivity index (χ1n) is 13.6. The van der Waals surface area contributed by atoms with Crippen molar-refractivity contribution >= 4 is 43.6 Å². The second-order valence-corrected chi connectivity index (χ2v) is 11.6. The quantitative estimate of drug-likeness (QED) is 0.215. The van der Waals surface area contributed by atoms with Gasteiger partial charge >= 0.3 is 0 Å². The maximum absolute atomic E-state index is 4.82. The zero-order chi connectivity index (χ0) is 26.9. The van der Waals surface area contributed by atoms with Crippen molar-refractivity contribution in [2.45, 2.75) is 33.1 Å². The lowest BCUT2D eigenvalue weighted by Gasteiger charge is -2.24. The van der Waals surface area contributed by atoms with E-state index >= 15 is 0 Å². The smallest absolute Gasteiger partial charge is 0.214 e. The van der Waals surface area contributed by atoms with Gasteiger partial charge in [0.2, 0.25) is 11.2 Å². The van der Waals surface area contributed by atoms with Gasteiger partial charge in [0.1, 0.15) is 12.7 Å². The number of rotatable bonds is 2. The molecular weight excluding hydrogens is 474 g/mol. The molecular formula is C36H32N3+. The third kappa shape index (κ3) is 3.50. The highest BCUT2D eigenvalue weighted by Gasteiger charge is 2.25. The number of aryl methyl sites for hydroxylation is 2. The van der Waals surface area contributed by atoms with Gasteiger partial charge in [0, 0.05) is 34.7 Å². The van der Waals surface area contributed by atoms with Crippen LogP contribution >= 0.6 is 0 Å². The van der Waals surface area contributed by atoms with Crippen LogP contribution in [0.15, 0.2) is 103 Å². The van der Waals surface area contributed by atoms with Gasteiger partial charge < -0.3 is 0 Å². The fourth-order valence-electron chi connectivity index (χ4n) is 6.32.